The van der Waals surface area contributed by atoms with Crippen molar-refractivity contribution in [3.05, 3.63) is 17.5 Å². The first kappa shape index (κ1) is 16.0. The lowest BCUT2D eigenvalue weighted by atomic mass is 10.1. The van der Waals surface area contributed by atoms with Gasteiger partial charge in [0.2, 0.25) is 5.91 Å². The molecule has 0 radical (unpaired) electrons. The van der Waals surface area contributed by atoms with Gasteiger partial charge in [-0.3, -0.25) is 4.79 Å². The van der Waals surface area contributed by atoms with Gasteiger partial charge in [0.05, 0.1) is 11.7 Å². The lowest BCUT2D eigenvalue weighted by molar-refractivity contribution is -0.123. The molecule has 1 aromatic heterocycles. The normalized spacial score (nSPS) is 17.3. The average molecular weight is 293 g/mol. The molecule has 1 heterocycles. The van der Waals surface area contributed by atoms with Crippen molar-refractivity contribution in [3.63, 3.8) is 0 Å². The van der Waals surface area contributed by atoms with Gasteiger partial charge < -0.3 is 15.2 Å². The summed E-state index contributed by atoms with van der Waals surface area (Å²) in [4.78, 5) is 12.1. The Bertz CT molecular complexity index is 450. The number of nitrogens with zero attached hydrogens (tertiary/aromatic N) is 1. The highest BCUT2D eigenvalue weighted by atomic mass is 16.5. The zero-order chi connectivity index (χ0) is 15.2. The van der Waals surface area contributed by atoms with E-state index in [-0.39, 0.29) is 11.9 Å². The molecule has 2 rings (SSSR count). The molecule has 1 saturated carbocycles. The van der Waals surface area contributed by atoms with Crippen molar-refractivity contribution in [1.29, 1.82) is 0 Å². The van der Waals surface area contributed by atoms with E-state index in [1.54, 1.807) is 0 Å². The van der Waals surface area contributed by atoms with Gasteiger partial charge in [0.25, 0.3) is 0 Å². The third-order valence-electron chi connectivity index (χ3n) is 3.90. The molecule has 1 aliphatic rings. The summed E-state index contributed by atoms with van der Waals surface area (Å²) in [6.45, 7) is 6.74. The standard InChI is InChI=1S/C16H27N3O2/c1-11(2)8-15-9-14(19-21-15)10-17-12(3)16(20)18-13-6-4-5-7-13/h9,11-13,17H,4-8,10H2,1-3H3,(H,18,20). The van der Waals surface area contributed by atoms with Crippen LogP contribution in [0.5, 0.6) is 0 Å². The van der Waals surface area contributed by atoms with Gasteiger partial charge in [-0.2, -0.15) is 0 Å². The van der Waals surface area contributed by atoms with Crippen LogP contribution < -0.4 is 10.6 Å². The summed E-state index contributed by atoms with van der Waals surface area (Å²) in [5.74, 6) is 1.53. The van der Waals surface area contributed by atoms with Crippen molar-refractivity contribution >= 4 is 5.91 Å². The molecule has 1 aromatic rings. The van der Waals surface area contributed by atoms with E-state index in [4.69, 9.17) is 4.52 Å². The average Bonchev–Trinajstić information content (AvgIpc) is 3.07. The predicted octanol–water partition coefficient (Wildman–Crippen LogP) is 2.41. The molecule has 1 amide bonds. The zero-order valence-electron chi connectivity index (χ0n) is 13.3. The third-order valence-corrected chi connectivity index (χ3v) is 3.90. The van der Waals surface area contributed by atoms with Gasteiger partial charge in [0, 0.05) is 25.1 Å². The van der Waals surface area contributed by atoms with E-state index in [9.17, 15) is 4.79 Å². The molecule has 0 aliphatic heterocycles. The lowest BCUT2D eigenvalue weighted by Gasteiger charge is -2.17. The first-order valence-corrected chi connectivity index (χ1v) is 8.03. The highest BCUT2D eigenvalue weighted by Crippen LogP contribution is 2.17. The van der Waals surface area contributed by atoms with Crippen LogP contribution in [0.1, 0.15) is 57.9 Å². The fourth-order valence-corrected chi connectivity index (χ4v) is 2.68. The Balaban J connectivity index is 1.73. The topological polar surface area (TPSA) is 67.2 Å². The summed E-state index contributed by atoms with van der Waals surface area (Å²) in [5.41, 5.74) is 0.853. The zero-order valence-corrected chi connectivity index (χ0v) is 13.3. The van der Waals surface area contributed by atoms with E-state index in [2.05, 4.69) is 29.6 Å². The van der Waals surface area contributed by atoms with Crippen molar-refractivity contribution in [1.82, 2.24) is 15.8 Å². The first-order valence-electron chi connectivity index (χ1n) is 8.03. The van der Waals surface area contributed by atoms with Crippen LogP contribution in [0.25, 0.3) is 0 Å². The van der Waals surface area contributed by atoms with Gasteiger partial charge in [-0.25, -0.2) is 0 Å². The largest absolute Gasteiger partial charge is 0.361 e. The van der Waals surface area contributed by atoms with Gasteiger partial charge in [-0.05, 0) is 25.7 Å². The van der Waals surface area contributed by atoms with E-state index in [0.29, 0.717) is 18.5 Å². The molecule has 2 N–H and O–H groups in total. The third kappa shape index (κ3) is 5.16. The Hall–Kier alpha value is -1.36. The van der Waals surface area contributed by atoms with Crippen LogP contribution in [-0.4, -0.2) is 23.1 Å². The van der Waals surface area contributed by atoms with E-state index in [1.165, 1.54) is 12.8 Å². The number of amides is 1. The van der Waals surface area contributed by atoms with Crippen LogP contribution in [0.2, 0.25) is 0 Å². The molecule has 1 aliphatic carbocycles. The minimum atomic E-state index is -0.212. The quantitative estimate of drug-likeness (QED) is 0.810. The Morgan fingerprint density at radius 3 is 2.76 bits per heavy atom. The Kier molecular flexibility index (Phi) is 5.79. The number of nitrogens with one attached hydrogen (secondary N) is 2. The number of hydrogen-bond donors (Lipinski definition) is 2. The van der Waals surface area contributed by atoms with Crippen LogP contribution in [0.3, 0.4) is 0 Å². The second kappa shape index (κ2) is 7.59. The monoisotopic (exact) mass is 293 g/mol. The molecule has 0 spiro atoms. The molecule has 0 bridgehead atoms. The molecular weight excluding hydrogens is 266 g/mol. The number of aromatic nitrogens is 1. The van der Waals surface area contributed by atoms with Crippen LogP contribution >= 0.6 is 0 Å². The van der Waals surface area contributed by atoms with E-state index < -0.39 is 0 Å². The van der Waals surface area contributed by atoms with Crippen molar-refractivity contribution in [2.45, 2.75) is 71.5 Å². The predicted molar refractivity (Wildman–Crippen MR) is 81.7 cm³/mol. The lowest BCUT2D eigenvalue weighted by Crippen LogP contribution is -2.45. The second-order valence-electron chi connectivity index (χ2n) is 6.48. The van der Waals surface area contributed by atoms with Crippen molar-refractivity contribution in [3.8, 4) is 0 Å². The molecule has 1 fully saturated rings. The summed E-state index contributed by atoms with van der Waals surface area (Å²) < 4.78 is 5.29. The van der Waals surface area contributed by atoms with Crippen LogP contribution in [0, 0.1) is 5.92 Å². The summed E-state index contributed by atoms with van der Waals surface area (Å²) in [7, 11) is 0. The summed E-state index contributed by atoms with van der Waals surface area (Å²) >= 11 is 0. The van der Waals surface area contributed by atoms with Crippen LogP contribution in [0.15, 0.2) is 10.6 Å². The molecule has 0 saturated heterocycles. The maximum atomic E-state index is 12.1. The summed E-state index contributed by atoms with van der Waals surface area (Å²) in [6, 6.07) is 2.12. The van der Waals surface area contributed by atoms with Crippen LogP contribution in [-0.2, 0) is 17.8 Å². The van der Waals surface area contributed by atoms with Gasteiger partial charge in [0.1, 0.15) is 5.76 Å². The smallest absolute Gasteiger partial charge is 0.237 e. The number of carbonyl (C=O) groups excluding carboxylic acids is 1. The molecule has 0 aromatic carbocycles. The maximum Gasteiger partial charge on any atom is 0.237 e. The highest BCUT2D eigenvalue weighted by molar-refractivity contribution is 5.81. The van der Waals surface area contributed by atoms with Crippen molar-refractivity contribution in [2.75, 3.05) is 0 Å². The Morgan fingerprint density at radius 1 is 1.38 bits per heavy atom. The Morgan fingerprint density at radius 2 is 2.10 bits per heavy atom. The molecule has 118 valence electrons. The number of carbonyl (C=O) groups is 1. The summed E-state index contributed by atoms with van der Waals surface area (Å²) in [6.07, 6.45) is 5.57. The minimum Gasteiger partial charge on any atom is -0.361 e. The number of rotatable bonds is 7. The molecule has 1 unspecified atom stereocenters. The molecule has 1 atom stereocenters. The fourth-order valence-electron chi connectivity index (χ4n) is 2.68. The SMILES string of the molecule is CC(C)Cc1cc(CNC(C)C(=O)NC2CCCC2)no1. The van der Waals surface area contributed by atoms with Crippen molar-refractivity contribution < 1.29 is 9.32 Å². The highest BCUT2D eigenvalue weighted by Gasteiger charge is 2.20. The molecule has 5 heteroatoms. The van der Waals surface area contributed by atoms with Crippen molar-refractivity contribution in [2.24, 2.45) is 5.92 Å². The van der Waals surface area contributed by atoms with Gasteiger partial charge in [-0.1, -0.05) is 31.8 Å². The fraction of sp³-hybridized carbons (Fsp3) is 0.750. The van der Waals surface area contributed by atoms with Gasteiger partial charge in [-0.15, -0.1) is 0 Å². The first-order chi connectivity index (χ1) is 10.0. The maximum absolute atomic E-state index is 12.1. The van der Waals surface area contributed by atoms with Gasteiger partial charge >= 0.3 is 0 Å². The van der Waals surface area contributed by atoms with Crippen LogP contribution in [0.4, 0.5) is 0 Å². The Labute approximate surface area is 126 Å². The minimum absolute atomic E-state index is 0.0767. The van der Waals surface area contributed by atoms with E-state index >= 15 is 0 Å². The number of hydrogen-bond acceptors (Lipinski definition) is 4. The summed E-state index contributed by atoms with van der Waals surface area (Å²) in [5, 5.41) is 10.3. The molecule has 21 heavy (non-hydrogen) atoms. The molecule has 5 nitrogen and oxygen atoms in total. The van der Waals surface area contributed by atoms with E-state index in [1.807, 2.05) is 13.0 Å². The van der Waals surface area contributed by atoms with E-state index in [0.717, 1.165) is 30.7 Å². The van der Waals surface area contributed by atoms with Gasteiger partial charge in [0.15, 0.2) is 0 Å². The molecular formula is C16H27N3O2. The second-order valence-corrected chi connectivity index (χ2v) is 6.48.